The molecule has 33 heavy (non-hydrogen) atoms. The number of nitrogens with one attached hydrogen (secondary N) is 2. The Hall–Kier alpha value is -3.31. The van der Waals surface area contributed by atoms with E-state index in [-0.39, 0.29) is 11.2 Å². The molecule has 4 aromatic rings. The summed E-state index contributed by atoms with van der Waals surface area (Å²) in [7, 11) is 0. The summed E-state index contributed by atoms with van der Waals surface area (Å²) < 4.78 is 0. The monoisotopic (exact) mass is 455 g/mol. The minimum atomic E-state index is -0.311. The van der Waals surface area contributed by atoms with Gasteiger partial charge in [-0.2, -0.15) is 0 Å². The highest BCUT2D eigenvalue weighted by Crippen LogP contribution is 2.34. The van der Waals surface area contributed by atoms with Crippen molar-refractivity contribution < 1.29 is 4.79 Å². The van der Waals surface area contributed by atoms with Gasteiger partial charge in [-0.3, -0.25) is 4.79 Å². The summed E-state index contributed by atoms with van der Waals surface area (Å²) >= 11 is 1.43. The van der Waals surface area contributed by atoms with Crippen molar-refractivity contribution in [3.8, 4) is 22.5 Å². The molecule has 0 aliphatic heterocycles. The first-order chi connectivity index (χ1) is 15.8. The zero-order chi connectivity index (χ0) is 23.5. The zero-order valence-corrected chi connectivity index (χ0v) is 20.5. The highest BCUT2D eigenvalue weighted by atomic mass is 32.2. The van der Waals surface area contributed by atoms with Crippen molar-refractivity contribution in [3.63, 3.8) is 0 Å². The van der Waals surface area contributed by atoms with Crippen LogP contribution in [0.3, 0.4) is 0 Å². The fourth-order valence-electron chi connectivity index (χ4n) is 3.54. The van der Waals surface area contributed by atoms with E-state index in [1.54, 1.807) is 0 Å². The van der Waals surface area contributed by atoms with Gasteiger partial charge < -0.3 is 10.3 Å². The molecular formula is C28H29N3OS. The van der Waals surface area contributed by atoms with Gasteiger partial charge >= 0.3 is 0 Å². The topological polar surface area (TPSA) is 57.8 Å². The lowest BCUT2D eigenvalue weighted by Crippen LogP contribution is -2.22. The molecule has 0 bridgehead atoms. The number of aromatic amines is 1. The number of hydrogen-bond acceptors (Lipinski definition) is 3. The summed E-state index contributed by atoms with van der Waals surface area (Å²) in [6, 6.07) is 22.7. The largest absolute Gasteiger partial charge is 0.332 e. The summed E-state index contributed by atoms with van der Waals surface area (Å²) in [6.07, 6.45) is 0. The number of nitrogens with zero attached hydrogens (tertiary/aromatic N) is 1. The molecule has 0 radical (unpaired) electrons. The highest BCUT2D eigenvalue weighted by Gasteiger charge is 2.20. The summed E-state index contributed by atoms with van der Waals surface area (Å²) in [5, 5.41) is 3.44. The number of amides is 1. The van der Waals surface area contributed by atoms with E-state index in [9.17, 15) is 4.79 Å². The molecule has 5 heteroatoms. The number of rotatable bonds is 6. The Morgan fingerprint density at radius 2 is 1.45 bits per heavy atom. The maximum Gasteiger partial charge on any atom is 0.237 e. The number of anilines is 1. The molecular weight excluding hydrogens is 426 g/mol. The van der Waals surface area contributed by atoms with Crippen molar-refractivity contribution in [3.05, 3.63) is 89.0 Å². The van der Waals surface area contributed by atoms with Gasteiger partial charge in [-0.15, -0.1) is 0 Å². The Bertz CT molecular complexity index is 1210. The molecule has 0 aliphatic carbocycles. The van der Waals surface area contributed by atoms with Crippen LogP contribution in [-0.2, 0) is 4.79 Å². The molecule has 0 spiro atoms. The van der Waals surface area contributed by atoms with Crippen LogP contribution in [0.15, 0.2) is 71.9 Å². The average molecular weight is 456 g/mol. The van der Waals surface area contributed by atoms with E-state index in [2.05, 4.69) is 79.6 Å². The van der Waals surface area contributed by atoms with Crippen molar-refractivity contribution in [1.82, 2.24) is 9.97 Å². The molecule has 0 aliphatic rings. The molecule has 1 atom stereocenters. The Labute approximate surface area is 199 Å². The highest BCUT2D eigenvalue weighted by molar-refractivity contribution is 8.00. The quantitative estimate of drug-likeness (QED) is 0.305. The van der Waals surface area contributed by atoms with Gasteiger partial charge in [-0.05, 0) is 57.9 Å². The van der Waals surface area contributed by atoms with Gasteiger partial charge in [0.1, 0.15) is 0 Å². The number of thioether (sulfide) groups is 1. The van der Waals surface area contributed by atoms with Crippen LogP contribution in [0, 0.1) is 27.7 Å². The van der Waals surface area contributed by atoms with E-state index in [1.807, 2.05) is 32.0 Å². The maximum atomic E-state index is 12.8. The molecule has 1 amide bonds. The summed E-state index contributed by atoms with van der Waals surface area (Å²) in [5.74, 6) is -0.0478. The number of imidazole rings is 1. The molecule has 3 aromatic carbocycles. The predicted octanol–water partition coefficient (Wildman–Crippen LogP) is 7.10. The SMILES string of the molecule is Cc1ccc(-c2nc(SC(C)C(=O)Nc3ccc(C)c(C)c3)[nH]c2-c2ccc(C)cc2)cc1. The van der Waals surface area contributed by atoms with Crippen molar-refractivity contribution in [2.75, 3.05) is 5.32 Å². The maximum absolute atomic E-state index is 12.8. The van der Waals surface area contributed by atoms with Crippen LogP contribution >= 0.6 is 11.8 Å². The summed E-state index contributed by atoms with van der Waals surface area (Å²) in [4.78, 5) is 21.2. The molecule has 168 valence electrons. The lowest BCUT2D eigenvalue weighted by molar-refractivity contribution is -0.115. The van der Waals surface area contributed by atoms with Gasteiger partial charge in [0, 0.05) is 16.8 Å². The van der Waals surface area contributed by atoms with Crippen molar-refractivity contribution in [1.29, 1.82) is 0 Å². The number of carbonyl (C=O) groups is 1. The van der Waals surface area contributed by atoms with Crippen LogP contribution < -0.4 is 5.32 Å². The third-order valence-electron chi connectivity index (χ3n) is 5.78. The van der Waals surface area contributed by atoms with Crippen molar-refractivity contribution in [2.24, 2.45) is 0 Å². The van der Waals surface area contributed by atoms with E-state index in [4.69, 9.17) is 4.98 Å². The zero-order valence-electron chi connectivity index (χ0n) is 19.7. The van der Waals surface area contributed by atoms with Gasteiger partial charge in [0.05, 0.1) is 16.6 Å². The number of hydrogen-bond donors (Lipinski definition) is 2. The minimum absolute atomic E-state index is 0.0478. The van der Waals surface area contributed by atoms with Crippen LogP contribution in [0.1, 0.15) is 29.2 Å². The molecule has 4 rings (SSSR count). The number of H-pyrrole nitrogens is 1. The predicted molar refractivity (Wildman–Crippen MR) is 139 cm³/mol. The van der Waals surface area contributed by atoms with Gasteiger partial charge in [0.25, 0.3) is 0 Å². The van der Waals surface area contributed by atoms with Crippen LogP contribution in [0.25, 0.3) is 22.5 Å². The summed E-state index contributed by atoms with van der Waals surface area (Å²) in [6.45, 7) is 10.2. The van der Waals surface area contributed by atoms with Crippen molar-refractivity contribution in [2.45, 2.75) is 45.0 Å². The van der Waals surface area contributed by atoms with Gasteiger partial charge in [-0.1, -0.05) is 77.5 Å². The Morgan fingerprint density at radius 1 is 0.848 bits per heavy atom. The molecule has 0 saturated heterocycles. The van der Waals surface area contributed by atoms with Gasteiger partial charge in [0.2, 0.25) is 5.91 Å². The second-order valence-corrected chi connectivity index (χ2v) is 9.88. The fourth-order valence-corrected chi connectivity index (χ4v) is 4.35. The van der Waals surface area contributed by atoms with Crippen LogP contribution in [0.2, 0.25) is 0 Å². The van der Waals surface area contributed by atoms with Crippen LogP contribution in [-0.4, -0.2) is 21.1 Å². The third kappa shape index (κ3) is 5.37. The molecule has 0 fully saturated rings. The third-order valence-corrected chi connectivity index (χ3v) is 6.76. The molecule has 1 heterocycles. The van der Waals surface area contributed by atoms with E-state index >= 15 is 0 Å². The van der Waals surface area contributed by atoms with Crippen LogP contribution in [0.4, 0.5) is 5.69 Å². The van der Waals surface area contributed by atoms with E-state index in [0.717, 1.165) is 38.9 Å². The molecule has 1 aromatic heterocycles. The number of carbonyl (C=O) groups excluding carboxylic acids is 1. The molecule has 0 saturated carbocycles. The number of aryl methyl sites for hydroxylation is 4. The molecule has 1 unspecified atom stereocenters. The second kappa shape index (κ2) is 9.67. The Kier molecular flexibility index (Phi) is 6.70. The minimum Gasteiger partial charge on any atom is -0.332 e. The van der Waals surface area contributed by atoms with Crippen LogP contribution in [0.5, 0.6) is 0 Å². The Balaban J connectivity index is 1.59. The first kappa shape index (κ1) is 22.9. The van der Waals surface area contributed by atoms with Gasteiger partial charge in [-0.25, -0.2) is 4.98 Å². The molecule has 4 nitrogen and oxygen atoms in total. The second-order valence-electron chi connectivity index (χ2n) is 8.55. The standard InChI is InChI=1S/C28H29N3OS/c1-17-6-11-22(12-7-17)25-26(23-13-8-18(2)9-14-23)31-28(30-25)33-21(5)27(32)29-24-15-10-19(3)20(4)16-24/h6-16,21H,1-5H3,(H,29,32)(H,30,31). The lowest BCUT2D eigenvalue weighted by atomic mass is 10.0. The smallest absolute Gasteiger partial charge is 0.237 e. The Morgan fingerprint density at radius 3 is 2.06 bits per heavy atom. The number of aromatic nitrogens is 2. The van der Waals surface area contributed by atoms with E-state index in [0.29, 0.717) is 0 Å². The number of benzene rings is 3. The first-order valence-electron chi connectivity index (χ1n) is 11.1. The molecule has 2 N–H and O–H groups in total. The normalized spacial score (nSPS) is 11.9. The lowest BCUT2D eigenvalue weighted by Gasteiger charge is -2.11. The average Bonchev–Trinajstić information content (AvgIpc) is 3.21. The summed E-state index contributed by atoms with van der Waals surface area (Å²) in [5.41, 5.74) is 9.57. The fraction of sp³-hybridized carbons (Fsp3) is 0.214. The van der Waals surface area contributed by atoms with Gasteiger partial charge in [0.15, 0.2) is 5.16 Å². The first-order valence-corrected chi connectivity index (χ1v) is 12.0. The van der Waals surface area contributed by atoms with E-state index in [1.165, 1.54) is 28.5 Å². The van der Waals surface area contributed by atoms with E-state index < -0.39 is 0 Å². The van der Waals surface area contributed by atoms with Crippen molar-refractivity contribution >= 4 is 23.4 Å².